The van der Waals surface area contributed by atoms with Crippen molar-refractivity contribution < 1.29 is 0 Å². The van der Waals surface area contributed by atoms with Crippen LogP contribution in [0.25, 0.3) is 38.9 Å². The zero-order valence-corrected chi connectivity index (χ0v) is 15.7. The minimum absolute atomic E-state index is 0.868. The Hall–Kier alpha value is -3.01. The van der Waals surface area contributed by atoms with Gasteiger partial charge in [0.2, 0.25) is 0 Å². The molecule has 5 rings (SSSR count). The summed E-state index contributed by atoms with van der Waals surface area (Å²) in [6, 6.07) is 10.7. The van der Waals surface area contributed by atoms with Gasteiger partial charge in [0.15, 0.2) is 5.65 Å². The number of hydrogen-bond donors (Lipinski definition) is 0. The predicted molar refractivity (Wildman–Crippen MR) is 107 cm³/mol. The van der Waals surface area contributed by atoms with Crippen LogP contribution in [0.1, 0.15) is 27.8 Å². The molecule has 0 aliphatic carbocycles. The highest BCUT2D eigenvalue weighted by Gasteiger charge is 2.14. The van der Waals surface area contributed by atoms with E-state index in [2.05, 4.69) is 69.4 Å². The van der Waals surface area contributed by atoms with Crippen molar-refractivity contribution in [2.24, 2.45) is 0 Å². The average molecular weight is 340 g/mol. The van der Waals surface area contributed by atoms with Crippen molar-refractivity contribution in [3.05, 3.63) is 58.1 Å². The third kappa shape index (κ3) is 1.99. The second kappa shape index (κ2) is 5.01. The molecule has 0 fully saturated rings. The summed E-state index contributed by atoms with van der Waals surface area (Å²) in [4.78, 5) is 14.8. The van der Waals surface area contributed by atoms with Gasteiger partial charge in [0.25, 0.3) is 0 Å². The van der Waals surface area contributed by atoms with Gasteiger partial charge in [-0.2, -0.15) is 0 Å². The molecule has 0 bridgehead atoms. The minimum Gasteiger partial charge on any atom is -0.275 e. The van der Waals surface area contributed by atoms with Gasteiger partial charge in [-0.15, -0.1) is 0 Å². The molecule has 0 amide bonds. The number of nitrogens with zero attached hydrogens (tertiary/aromatic N) is 4. The van der Waals surface area contributed by atoms with Gasteiger partial charge in [0.05, 0.1) is 22.1 Å². The van der Waals surface area contributed by atoms with Crippen molar-refractivity contribution in [2.45, 2.75) is 34.6 Å². The largest absolute Gasteiger partial charge is 0.275 e. The summed E-state index contributed by atoms with van der Waals surface area (Å²) in [5.41, 5.74) is 12.8. The molecule has 0 atom stereocenters. The molecule has 0 saturated carbocycles. The van der Waals surface area contributed by atoms with E-state index in [4.69, 9.17) is 15.0 Å². The number of benzene rings is 2. The van der Waals surface area contributed by atoms with Crippen molar-refractivity contribution in [3.8, 4) is 0 Å². The molecule has 128 valence electrons. The molecule has 0 radical (unpaired) electrons. The summed E-state index contributed by atoms with van der Waals surface area (Å²) in [6.45, 7) is 10.6. The Bertz CT molecular complexity index is 1380. The summed E-state index contributed by atoms with van der Waals surface area (Å²) in [7, 11) is 0. The van der Waals surface area contributed by atoms with Crippen LogP contribution in [0.15, 0.2) is 30.3 Å². The molecular weight excluding hydrogens is 320 g/mol. The third-order valence-electron chi connectivity index (χ3n) is 5.47. The number of rotatable bonds is 0. The Labute approximate surface area is 151 Å². The molecule has 4 heteroatoms. The summed E-state index contributed by atoms with van der Waals surface area (Å²) in [6.07, 6.45) is 0. The predicted octanol–water partition coefficient (Wildman–Crippen LogP) is 5.13. The van der Waals surface area contributed by atoms with Gasteiger partial charge >= 0.3 is 0 Å². The third-order valence-corrected chi connectivity index (χ3v) is 5.47. The fraction of sp³-hybridized carbons (Fsp3) is 0.227. The lowest BCUT2D eigenvalue weighted by atomic mass is 10.1. The van der Waals surface area contributed by atoms with E-state index in [-0.39, 0.29) is 0 Å². The van der Waals surface area contributed by atoms with E-state index in [1.807, 2.05) is 0 Å². The molecule has 3 aromatic heterocycles. The summed E-state index contributed by atoms with van der Waals surface area (Å²) < 4.78 is 2.16. The van der Waals surface area contributed by atoms with Gasteiger partial charge in [-0.25, -0.2) is 15.0 Å². The molecule has 0 N–H and O–H groups in total. The van der Waals surface area contributed by atoms with Crippen LogP contribution in [0.2, 0.25) is 0 Å². The van der Waals surface area contributed by atoms with Crippen LogP contribution in [0, 0.1) is 34.6 Å². The number of pyridine rings is 1. The summed E-state index contributed by atoms with van der Waals surface area (Å²) in [5, 5.41) is 0. The Morgan fingerprint density at radius 2 is 1.00 bits per heavy atom. The second-order valence-electron chi connectivity index (χ2n) is 7.38. The molecule has 5 aromatic rings. The molecule has 0 aliphatic heterocycles. The van der Waals surface area contributed by atoms with E-state index >= 15 is 0 Å². The molecule has 0 spiro atoms. The highest BCUT2D eigenvalue weighted by atomic mass is 15.1. The average Bonchev–Trinajstić information content (AvgIpc) is 2.95. The Balaban J connectivity index is 2.03. The van der Waals surface area contributed by atoms with Crippen molar-refractivity contribution in [1.29, 1.82) is 0 Å². The maximum Gasteiger partial charge on any atom is 0.165 e. The molecule has 4 nitrogen and oxygen atoms in total. The Morgan fingerprint density at radius 1 is 0.500 bits per heavy atom. The minimum atomic E-state index is 0.868. The van der Waals surface area contributed by atoms with E-state index in [0.717, 1.165) is 44.4 Å². The van der Waals surface area contributed by atoms with Gasteiger partial charge in [0, 0.05) is 0 Å². The van der Waals surface area contributed by atoms with Crippen molar-refractivity contribution >= 4 is 38.9 Å². The number of imidazole rings is 1. The highest BCUT2D eigenvalue weighted by molar-refractivity contribution is 5.93. The first kappa shape index (κ1) is 15.3. The van der Waals surface area contributed by atoms with Gasteiger partial charge in [-0.05, 0) is 92.8 Å². The first-order valence-electron chi connectivity index (χ1n) is 8.90. The molecule has 3 heterocycles. The van der Waals surface area contributed by atoms with Crippen molar-refractivity contribution in [1.82, 2.24) is 19.4 Å². The molecule has 0 unspecified atom stereocenters. The number of aromatic nitrogens is 4. The maximum atomic E-state index is 4.98. The van der Waals surface area contributed by atoms with Crippen LogP contribution >= 0.6 is 0 Å². The van der Waals surface area contributed by atoms with E-state index in [1.54, 1.807) is 0 Å². The molecule has 26 heavy (non-hydrogen) atoms. The number of hydrogen-bond acceptors (Lipinski definition) is 3. The summed E-state index contributed by atoms with van der Waals surface area (Å²) >= 11 is 0. The smallest absolute Gasteiger partial charge is 0.165 e. The van der Waals surface area contributed by atoms with Crippen LogP contribution in [0.4, 0.5) is 0 Å². The van der Waals surface area contributed by atoms with Gasteiger partial charge in [-0.1, -0.05) is 0 Å². The monoisotopic (exact) mass is 340 g/mol. The van der Waals surface area contributed by atoms with Crippen LogP contribution in [0.3, 0.4) is 0 Å². The van der Waals surface area contributed by atoms with Crippen LogP contribution < -0.4 is 0 Å². The number of aryl methyl sites for hydroxylation is 5. The van der Waals surface area contributed by atoms with Crippen LogP contribution in [-0.4, -0.2) is 19.4 Å². The molecule has 2 aromatic carbocycles. The lowest BCUT2D eigenvalue weighted by molar-refractivity contribution is 1.19. The Morgan fingerprint density at radius 3 is 1.69 bits per heavy atom. The summed E-state index contributed by atoms with van der Waals surface area (Å²) in [5.74, 6) is 0. The quantitative estimate of drug-likeness (QED) is 0.367. The normalized spacial score (nSPS) is 12.0. The van der Waals surface area contributed by atoms with E-state index in [0.29, 0.717) is 0 Å². The fourth-order valence-electron chi connectivity index (χ4n) is 3.66. The van der Waals surface area contributed by atoms with Crippen molar-refractivity contribution in [3.63, 3.8) is 0 Å². The highest BCUT2D eigenvalue weighted by Crippen LogP contribution is 2.28. The zero-order chi connectivity index (χ0) is 18.2. The lowest BCUT2D eigenvalue weighted by Gasteiger charge is -2.08. The lowest BCUT2D eigenvalue weighted by Crippen LogP contribution is -1.98. The first-order chi connectivity index (χ1) is 12.4. The maximum absolute atomic E-state index is 4.98. The molecule has 0 aliphatic rings. The first-order valence-corrected chi connectivity index (χ1v) is 8.90. The topological polar surface area (TPSA) is 43.1 Å². The van der Waals surface area contributed by atoms with E-state index in [9.17, 15) is 0 Å². The zero-order valence-electron chi connectivity index (χ0n) is 15.7. The standard InChI is InChI=1S/C22H20N4/c1-11-6-16-17(7-12(11)2)24-22-19(23-16)9-15(5)21-25-18-8-13(3)14(4)10-20(18)26(21)22/h6-10H,1-5H3. The van der Waals surface area contributed by atoms with Crippen LogP contribution in [-0.2, 0) is 0 Å². The molecular formula is C22H20N4. The van der Waals surface area contributed by atoms with Crippen molar-refractivity contribution in [2.75, 3.05) is 0 Å². The van der Waals surface area contributed by atoms with Gasteiger partial charge < -0.3 is 0 Å². The SMILES string of the molecule is Cc1cc2nc3cc(C)c4nc5cc(C)c(C)cc5n4c3nc2cc1C. The van der Waals surface area contributed by atoms with Gasteiger partial charge in [-0.3, -0.25) is 4.40 Å². The van der Waals surface area contributed by atoms with Gasteiger partial charge in [0.1, 0.15) is 11.2 Å². The molecule has 0 saturated heterocycles. The van der Waals surface area contributed by atoms with E-state index in [1.165, 1.54) is 22.3 Å². The number of fused-ring (bicyclic) bond motifs is 6. The van der Waals surface area contributed by atoms with Crippen LogP contribution in [0.5, 0.6) is 0 Å². The fourth-order valence-corrected chi connectivity index (χ4v) is 3.66. The van der Waals surface area contributed by atoms with E-state index < -0.39 is 0 Å². The second-order valence-corrected chi connectivity index (χ2v) is 7.38. The Kier molecular flexibility index (Phi) is 2.94.